The van der Waals surface area contributed by atoms with Gasteiger partial charge in [0.15, 0.2) is 0 Å². The molecule has 3 heterocycles. The number of anilines is 1. The largest absolute Gasteiger partial charge is 0.356 e. The van der Waals surface area contributed by atoms with E-state index in [1.807, 2.05) is 29.3 Å². The van der Waals surface area contributed by atoms with Crippen LogP contribution in [-0.4, -0.2) is 31.6 Å². The Labute approximate surface area is 168 Å². The second-order valence-corrected chi connectivity index (χ2v) is 8.15. The summed E-state index contributed by atoms with van der Waals surface area (Å²) in [6, 6.07) is 3.80. The van der Waals surface area contributed by atoms with E-state index in [0.29, 0.717) is 17.9 Å². The molecule has 0 amide bonds. The fourth-order valence-electron chi connectivity index (χ4n) is 2.25. The second kappa shape index (κ2) is 9.84. The number of hydrogen-bond acceptors (Lipinski definition) is 7. The lowest BCUT2D eigenvalue weighted by Gasteiger charge is -2.06. The summed E-state index contributed by atoms with van der Waals surface area (Å²) in [7, 11) is 0. The van der Waals surface area contributed by atoms with Crippen molar-refractivity contribution >= 4 is 45.2 Å². The molecule has 0 aliphatic rings. The minimum atomic E-state index is -0.117. The van der Waals surface area contributed by atoms with Gasteiger partial charge in [-0.05, 0) is 51.3 Å². The number of halogens is 1. The quantitative estimate of drug-likeness (QED) is 0.482. The van der Waals surface area contributed by atoms with Crippen LogP contribution in [0.4, 0.5) is 5.95 Å². The Hall–Kier alpha value is -1.71. The van der Waals surface area contributed by atoms with E-state index in [-0.39, 0.29) is 5.56 Å². The average Bonchev–Trinajstić information content (AvgIpc) is 3.06. The summed E-state index contributed by atoms with van der Waals surface area (Å²) < 4.78 is 5.42. The van der Waals surface area contributed by atoms with Crippen LogP contribution < -0.4 is 10.9 Å². The lowest BCUT2D eigenvalue weighted by molar-refractivity contribution is 0.942. The molecule has 2 N–H and O–H groups in total. The molecule has 0 unspecified atom stereocenters. The van der Waals surface area contributed by atoms with Crippen molar-refractivity contribution in [3.05, 3.63) is 67.8 Å². The van der Waals surface area contributed by atoms with Gasteiger partial charge in [-0.1, -0.05) is 6.07 Å². The lowest BCUT2D eigenvalue weighted by atomic mass is 10.1. The maximum atomic E-state index is 12.2. The van der Waals surface area contributed by atoms with E-state index in [0.717, 1.165) is 40.2 Å². The summed E-state index contributed by atoms with van der Waals surface area (Å²) >= 11 is 6.80. The molecule has 0 aromatic carbocycles. The maximum Gasteiger partial charge on any atom is 0.255 e. The van der Waals surface area contributed by atoms with Gasteiger partial charge in [-0.3, -0.25) is 14.8 Å². The Morgan fingerprint density at radius 2 is 2.27 bits per heavy atom. The van der Waals surface area contributed by atoms with Crippen molar-refractivity contribution in [3.63, 3.8) is 0 Å². The molecule has 0 radical (unpaired) electrons. The number of hydrogen-bond donors (Lipinski definition) is 2. The smallest absolute Gasteiger partial charge is 0.255 e. The molecule has 3 rings (SSSR count). The number of pyridine rings is 1. The SMILES string of the molecule is O=c1[nH]c(NCCCSCc2nscc2Br)ncc1Cc1cccnc1. The molecule has 136 valence electrons. The molecular weight excluding hydrogens is 434 g/mol. The highest BCUT2D eigenvalue weighted by Gasteiger charge is 2.05. The van der Waals surface area contributed by atoms with E-state index in [4.69, 9.17) is 0 Å². The summed E-state index contributed by atoms with van der Waals surface area (Å²) in [6.45, 7) is 0.760. The fourth-order valence-corrected chi connectivity index (χ4v) is 4.59. The van der Waals surface area contributed by atoms with E-state index in [1.54, 1.807) is 18.6 Å². The zero-order valence-electron chi connectivity index (χ0n) is 13.9. The van der Waals surface area contributed by atoms with E-state index in [1.165, 1.54) is 11.5 Å². The maximum absolute atomic E-state index is 12.2. The van der Waals surface area contributed by atoms with Crippen molar-refractivity contribution in [2.75, 3.05) is 17.6 Å². The third kappa shape index (κ3) is 5.65. The predicted octanol–water partition coefficient (Wildman–Crippen LogP) is 3.71. The lowest BCUT2D eigenvalue weighted by Crippen LogP contribution is -2.17. The Kier molecular flexibility index (Phi) is 7.22. The summed E-state index contributed by atoms with van der Waals surface area (Å²) in [5.41, 5.74) is 2.61. The molecule has 0 aliphatic heterocycles. The number of thioether (sulfide) groups is 1. The second-order valence-electron chi connectivity index (χ2n) is 5.57. The average molecular weight is 452 g/mol. The number of aromatic amines is 1. The molecule has 0 fully saturated rings. The highest BCUT2D eigenvalue weighted by molar-refractivity contribution is 9.10. The van der Waals surface area contributed by atoms with Crippen LogP contribution in [0.15, 0.2) is 45.4 Å². The first-order valence-corrected chi connectivity index (χ1v) is 10.9. The van der Waals surface area contributed by atoms with Gasteiger partial charge < -0.3 is 5.32 Å². The normalized spacial score (nSPS) is 10.8. The van der Waals surface area contributed by atoms with Gasteiger partial charge in [-0.2, -0.15) is 16.1 Å². The third-order valence-electron chi connectivity index (χ3n) is 3.58. The molecular formula is C17H18BrN5OS2. The third-order valence-corrected chi connectivity index (χ3v) is 6.29. The van der Waals surface area contributed by atoms with Crippen molar-refractivity contribution in [2.24, 2.45) is 0 Å². The molecule has 0 saturated carbocycles. The highest BCUT2D eigenvalue weighted by atomic mass is 79.9. The van der Waals surface area contributed by atoms with Gasteiger partial charge in [0.05, 0.1) is 10.2 Å². The minimum absolute atomic E-state index is 0.117. The van der Waals surface area contributed by atoms with Crippen molar-refractivity contribution < 1.29 is 0 Å². The van der Waals surface area contributed by atoms with Gasteiger partial charge in [0.2, 0.25) is 5.95 Å². The van der Waals surface area contributed by atoms with Crippen molar-refractivity contribution in [1.82, 2.24) is 19.3 Å². The summed E-state index contributed by atoms with van der Waals surface area (Å²) in [5.74, 6) is 2.43. The number of nitrogens with zero attached hydrogens (tertiary/aromatic N) is 3. The molecule has 6 nitrogen and oxygen atoms in total. The number of aromatic nitrogens is 4. The fraction of sp³-hybridized carbons (Fsp3) is 0.294. The van der Waals surface area contributed by atoms with Crippen molar-refractivity contribution in [3.8, 4) is 0 Å². The topological polar surface area (TPSA) is 83.6 Å². The molecule has 0 aliphatic carbocycles. The van der Waals surface area contributed by atoms with Crippen LogP contribution in [0.3, 0.4) is 0 Å². The zero-order chi connectivity index (χ0) is 18.2. The van der Waals surface area contributed by atoms with Gasteiger partial charge in [-0.15, -0.1) is 0 Å². The molecule has 0 spiro atoms. The first-order chi connectivity index (χ1) is 12.7. The zero-order valence-corrected chi connectivity index (χ0v) is 17.2. The van der Waals surface area contributed by atoms with Crippen LogP contribution in [0, 0.1) is 0 Å². The first-order valence-electron chi connectivity index (χ1n) is 8.10. The van der Waals surface area contributed by atoms with E-state index >= 15 is 0 Å². The van der Waals surface area contributed by atoms with Crippen LogP contribution in [0.5, 0.6) is 0 Å². The highest BCUT2D eigenvalue weighted by Crippen LogP contribution is 2.22. The standard InChI is InChI=1S/C17H18BrN5OS2/c18-14-10-26-23-15(14)11-25-6-2-5-20-17-21-9-13(16(24)22-17)7-12-3-1-4-19-8-12/h1,3-4,8-10H,2,5-7,11H2,(H2,20,21,22,24). The molecule has 0 atom stereocenters. The van der Waals surface area contributed by atoms with Crippen LogP contribution in [0.25, 0.3) is 0 Å². The van der Waals surface area contributed by atoms with Crippen LogP contribution >= 0.6 is 39.2 Å². The Morgan fingerprint density at radius 3 is 3.00 bits per heavy atom. The minimum Gasteiger partial charge on any atom is -0.356 e. The molecule has 0 saturated heterocycles. The first kappa shape index (κ1) is 19.1. The summed E-state index contributed by atoms with van der Waals surface area (Å²) in [4.78, 5) is 23.3. The number of nitrogens with one attached hydrogen (secondary N) is 2. The predicted molar refractivity (Wildman–Crippen MR) is 111 cm³/mol. The number of rotatable bonds is 9. The molecule has 26 heavy (non-hydrogen) atoms. The van der Waals surface area contributed by atoms with Crippen LogP contribution in [0.2, 0.25) is 0 Å². The molecule has 3 aromatic heterocycles. The van der Waals surface area contributed by atoms with Gasteiger partial charge >= 0.3 is 0 Å². The summed E-state index contributed by atoms with van der Waals surface area (Å²) in [5, 5.41) is 5.16. The Morgan fingerprint density at radius 1 is 1.35 bits per heavy atom. The van der Waals surface area contributed by atoms with Gasteiger partial charge in [-0.25, -0.2) is 4.98 Å². The van der Waals surface area contributed by atoms with E-state index < -0.39 is 0 Å². The molecule has 3 aromatic rings. The van der Waals surface area contributed by atoms with E-state index in [2.05, 4.69) is 40.6 Å². The van der Waals surface area contributed by atoms with E-state index in [9.17, 15) is 4.79 Å². The summed E-state index contributed by atoms with van der Waals surface area (Å²) in [6.07, 6.45) is 6.61. The van der Waals surface area contributed by atoms with Crippen molar-refractivity contribution in [1.29, 1.82) is 0 Å². The number of H-pyrrole nitrogens is 1. The monoisotopic (exact) mass is 451 g/mol. The van der Waals surface area contributed by atoms with Crippen molar-refractivity contribution in [2.45, 2.75) is 18.6 Å². The van der Waals surface area contributed by atoms with Gasteiger partial charge in [0, 0.05) is 48.3 Å². The molecule has 9 heteroatoms. The molecule has 0 bridgehead atoms. The Bertz CT molecular complexity index is 884. The van der Waals surface area contributed by atoms with Gasteiger partial charge in [0.25, 0.3) is 5.56 Å². The Balaban J connectivity index is 1.40. The van der Waals surface area contributed by atoms with Gasteiger partial charge in [0.1, 0.15) is 0 Å². The van der Waals surface area contributed by atoms with Crippen LogP contribution in [0.1, 0.15) is 23.2 Å². The van der Waals surface area contributed by atoms with Crippen LogP contribution in [-0.2, 0) is 12.2 Å².